The van der Waals surface area contributed by atoms with Crippen molar-refractivity contribution in [2.75, 3.05) is 27.8 Å². The van der Waals surface area contributed by atoms with E-state index in [-0.39, 0.29) is 18.3 Å². The lowest BCUT2D eigenvalue weighted by Gasteiger charge is -2.22. The first kappa shape index (κ1) is 28.9. The lowest BCUT2D eigenvalue weighted by molar-refractivity contribution is -0.155. The van der Waals surface area contributed by atoms with Crippen molar-refractivity contribution in [1.82, 2.24) is 15.0 Å². The quantitative estimate of drug-likeness (QED) is 0.219. The number of ether oxygens (including phenoxy) is 3. The zero-order valence-electron chi connectivity index (χ0n) is 23.7. The summed E-state index contributed by atoms with van der Waals surface area (Å²) in [4.78, 5) is 18.7. The molecule has 3 aromatic carbocycles. The summed E-state index contributed by atoms with van der Waals surface area (Å²) < 4.78 is 35.6. The van der Waals surface area contributed by atoms with E-state index in [2.05, 4.69) is 10.1 Å². The first-order chi connectivity index (χ1) is 19.1. The van der Waals surface area contributed by atoms with Crippen LogP contribution in [0.2, 0.25) is 0 Å². The molecule has 0 radical (unpaired) electrons. The third-order valence-corrected chi connectivity index (χ3v) is 5.99. The summed E-state index contributed by atoms with van der Waals surface area (Å²) in [5.74, 6) is 0.594. The molecule has 0 bridgehead atoms. The van der Waals surface area contributed by atoms with Gasteiger partial charge in [0.05, 0.1) is 20.3 Å². The number of rotatable bonds is 10. The highest BCUT2D eigenvalue weighted by atomic mass is 19.1. The van der Waals surface area contributed by atoms with E-state index in [4.69, 9.17) is 18.7 Å². The highest BCUT2D eigenvalue weighted by molar-refractivity contribution is 5.76. The molecule has 1 heterocycles. The van der Waals surface area contributed by atoms with Crippen LogP contribution in [0.3, 0.4) is 0 Å². The lowest BCUT2D eigenvalue weighted by Crippen LogP contribution is -2.32. The fraction of sp³-hybridized carbons (Fsp3) is 0.323. The molecule has 0 unspecified atom stereocenters. The van der Waals surface area contributed by atoms with Crippen LogP contribution in [0.15, 0.2) is 65.2 Å². The molecule has 0 saturated carbocycles. The van der Waals surface area contributed by atoms with E-state index in [1.165, 1.54) is 19.2 Å². The Hall–Kier alpha value is -4.08. The predicted octanol–water partition coefficient (Wildman–Crippen LogP) is 6.14. The molecule has 0 saturated heterocycles. The van der Waals surface area contributed by atoms with Crippen molar-refractivity contribution >= 4 is 5.97 Å². The van der Waals surface area contributed by atoms with Gasteiger partial charge in [0.15, 0.2) is 0 Å². The highest BCUT2D eigenvalue weighted by Crippen LogP contribution is 2.35. The third-order valence-electron chi connectivity index (χ3n) is 5.99. The van der Waals surface area contributed by atoms with Gasteiger partial charge in [-0.2, -0.15) is 4.98 Å². The molecule has 0 atom stereocenters. The molecule has 9 heteroatoms. The molecule has 0 fully saturated rings. The van der Waals surface area contributed by atoms with Crippen molar-refractivity contribution in [3.8, 4) is 39.7 Å². The normalized spacial score (nSPS) is 11.6. The Morgan fingerprint density at radius 3 is 2.50 bits per heavy atom. The molecule has 4 aromatic rings. The second-order valence-corrected chi connectivity index (χ2v) is 10.5. The first-order valence-corrected chi connectivity index (χ1v) is 12.9. The largest absolute Gasteiger partial charge is 0.496 e. The monoisotopic (exact) mass is 547 g/mol. The lowest BCUT2D eigenvalue weighted by atomic mass is 9.97. The van der Waals surface area contributed by atoms with E-state index in [1.807, 2.05) is 75.2 Å². The predicted molar refractivity (Wildman–Crippen MR) is 150 cm³/mol. The second-order valence-electron chi connectivity index (χ2n) is 10.5. The zero-order chi connectivity index (χ0) is 28.9. The number of hydrogen-bond donors (Lipinski definition) is 0. The number of benzene rings is 3. The van der Waals surface area contributed by atoms with Gasteiger partial charge in [-0.05, 0) is 74.8 Å². The van der Waals surface area contributed by atoms with Crippen molar-refractivity contribution < 1.29 is 27.9 Å². The maximum Gasteiger partial charge on any atom is 0.320 e. The summed E-state index contributed by atoms with van der Waals surface area (Å²) >= 11 is 0. The summed E-state index contributed by atoms with van der Waals surface area (Å²) in [6.45, 7) is 6.60. The van der Waals surface area contributed by atoms with Gasteiger partial charge in [-0.25, -0.2) is 4.39 Å². The number of nitrogens with zero attached hydrogens (tertiary/aromatic N) is 3. The van der Waals surface area contributed by atoms with E-state index in [9.17, 15) is 9.18 Å². The summed E-state index contributed by atoms with van der Waals surface area (Å²) in [5.41, 5.74) is 4.46. The minimum Gasteiger partial charge on any atom is -0.496 e. The molecule has 1 aromatic heterocycles. The van der Waals surface area contributed by atoms with Gasteiger partial charge in [-0.3, -0.25) is 9.69 Å². The van der Waals surface area contributed by atoms with Crippen LogP contribution in [0, 0.1) is 5.82 Å². The SMILES string of the molecule is COCc1cc(-c2nc(-c3cccc(CN(C)CC(=O)OC(C)(C)C)c3)no2)ccc1-c1ccc(F)cc1OC. The molecule has 0 aliphatic carbocycles. The standard InChI is InChI=1S/C31H34FN3O5/c1-31(2,3)39-28(36)18-35(4)17-20-8-7-9-21(14-20)29-33-30(40-34-29)22-10-12-25(23(15-22)19-37-5)26-13-11-24(32)16-27(26)38-6/h7-16H,17-19H2,1-6H3. The average Bonchev–Trinajstić information content (AvgIpc) is 3.38. The topological polar surface area (TPSA) is 86.9 Å². The van der Waals surface area contributed by atoms with E-state index in [1.54, 1.807) is 13.2 Å². The van der Waals surface area contributed by atoms with Crippen LogP contribution in [0.25, 0.3) is 34.0 Å². The van der Waals surface area contributed by atoms with Crippen molar-refractivity contribution in [2.45, 2.75) is 39.5 Å². The first-order valence-electron chi connectivity index (χ1n) is 12.9. The molecule has 0 amide bonds. The molecule has 210 valence electrons. The number of aromatic nitrogens is 2. The maximum absolute atomic E-state index is 13.8. The van der Waals surface area contributed by atoms with Crippen LogP contribution in [-0.2, 0) is 27.4 Å². The van der Waals surface area contributed by atoms with Crippen LogP contribution >= 0.6 is 0 Å². The fourth-order valence-electron chi connectivity index (χ4n) is 4.38. The van der Waals surface area contributed by atoms with E-state index < -0.39 is 5.60 Å². The van der Waals surface area contributed by atoms with Crippen molar-refractivity contribution in [2.24, 2.45) is 0 Å². The second kappa shape index (κ2) is 12.4. The Bertz CT molecular complexity index is 1480. The average molecular weight is 548 g/mol. The van der Waals surface area contributed by atoms with Gasteiger partial charge in [-0.1, -0.05) is 29.4 Å². The number of carbonyl (C=O) groups excluding carboxylic acids is 1. The smallest absolute Gasteiger partial charge is 0.320 e. The molecule has 0 N–H and O–H groups in total. The van der Waals surface area contributed by atoms with Gasteiger partial charge < -0.3 is 18.7 Å². The summed E-state index contributed by atoms with van der Waals surface area (Å²) in [7, 11) is 4.99. The summed E-state index contributed by atoms with van der Waals surface area (Å²) in [6, 6.07) is 17.9. The minimum atomic E-state index is -0.521. The molecule has 0 aliphatic heterocycles. The van der Waals surface area contributed by atoms with Crippen molar-refractivity contribution in [3.63, 3.8) is 0 Å². The number of hydrogen-bond acceptors (Lipinski definition) is 8. The fourth-order valence-corrected chi connectivity index (χ4v) is 4.38. The van der Waals surface area contributed by atoms with E-state index in [0.717, 1.165) is 33.4 Å². The molecule has 8 nitrogen and oxygen atoms in total. The van der Waals surface area contributed by atoms with Crippen LogP contribution in [0.5, 0.6) is 5.75 Å². The van der Waals surface area contributed by atoms with Crippen molar-refractivity contribution in [1.29, 1.82) is 0 Å². The van der Waals surface area contributed by atoms with Crippen LogP contribution in [-0.4, -0.2) is 54.4 Å². The zero-order valence-corrected chi connectivity index (χ0v) is 23.7. The molecular weight excluding hydrogens is 513 g/mol. The van der Waals surface area contributed by atoms with Gasteiger partial charge in [0.25, 0.3) is 5.89 Å². The van der Waals surface area contributed by atoms with Gasteiger partial charge in [0.1, 0.15) is 17.2 Å². The Morgan fingerprint density at radius 1 is 1.00 bits per heavy atom. The number of methoxy groups -OCH3 is 2. The van der Waals surface area contributed by atoms with Gasteiger partial charge in [0.2, 0.25) is 5.82 Å². The van der Waals surface area contributed by atoms with Gasteiger partial charge in [-0.15, -0.1) is 0 Å². The van der Waals surface area contributed by atoms with Crippen molar-refractivity contribution in [3.05, 3.63) is 77.6 Å². The number of esters is 1. The minimum absolute atomic E-state index is 0.178. The Morgan fingerprint density at radius 2 is 1.77 bits per heavy atom. The van der Waals surface area contributed by atoms with Crippen LogP contribution in [0.1, 0.15) is 31.9 Å². The van der Waals surface area contributed by atoms with E-state index >= 15 is 0 Å². The number of likely N-dealkylation sites (N-methyl/N-ethyl adjacent to an activating group) is 1. The maximum atomic E-state index is 13.8. The van der Waals surface area contributed by atoms with Crippen LogP contribution < -0.4 is 4.74 Å². The highest BCUT2D eigenvalue weighted by Gasteiger charge is 2.19. The van der Waals surface area contributed by atoms with Gasteiger partial charge >= 0.3 is 5.97 Å². The molecule has 0 aliphatic rings. The summed E-state index contributed by atoms with van der Waals surface area (Å²) in [6.07, 6.45) is 0. The number of carbonyl (C=O) groups is 1. The summed E-state index contributed by atoms with van der Waals surface area (Å²) in [5, 5.41) is 4.20. The molecule has 40 heavy (non-hydrogen) atoms. The Balaban J connectivity index is 1.54. The molecular formula is C31H34FN3O5. The molecule has 0 spiro atoms. The van der Waals surface area contributed by atoms with E-state index in [0.29, 0.717) is 30.6 Å². The Kier molecular flexibility index (Phi) is 8.96. The van der Waals surface area contributed by atoms with Crippen LogP contribution in [0.4, 0.5) is 4.39 Å². The third kappa shape index (κ3) is 7.31. The van der Waals surface area contributed by atoms with Gasteiger partial charge in [0, 0.05) is 36.4 Å². The molecule has 4 rings (SSSR count). The Labute approximate surface area is 233 Å². The number of halogens is 1.